The second-order valence-corrected chi connectivity index (χ2v) is 3.39. The van der Waals surface area contributed by atoms with Gasteiger partial charge < -0.3 is 5.11 Å². The highest BCUT2D eigenvalue weighted by atomic mass is 19.1. The molecule has 0 unspecified atom stereocenters. The molecule has 3 nitrogen and oxygen atoms in total. The number of carboxylic acid groups (broad SMARTS) is 1. The number of hydrogen-bond donors (Lipinski definition) is 1. The molecule has 5 heteroatoms. The fraction of sp³-hybridized carbons (Fsp3) is 0. The molecule has 2 rings (SSSR count). The Morgan fingerprint density at radius 2 is 1.88 bits per heavy atom. The Balaban J connectivity index is 2.63. The Morgan fingerprint density at radius 1 is 1.12 bits per heavy atom. The van der Waals surface area contributed by atoms with Crippen molar-refractivity contribution in [1.29, 1.82) is 0 Å². The number of aromatic carboxylic acids is 1. The Bertz CT molecular complexity index is 584. The first-order valence-corrected chi connectivity index (χ1v) is 4.71. The minimum Gasteiger partial charge on any atom is -0.478 e. The Morgan fingerprint density at radius 3 is 2.53 bits per heavy atom. The molecule has 0 aliphatic carbocycles. The summed E-state index contributed by atoms with van der Waals surface area (Å²) in [4.78, 5) is 14.6. The van der Waals surface area contributed by atoms with E-state index < -0.39 is 17.6 Å². The lowest BCUT2D eigenvalue weighted by atomic mass is 10.0. The Kier molecular flexibility index (Phi) is 2.82. The fourth-order valence-electron chi connectivity index (χ4n) is 1.50. The largest absolute Gasteiger partial charge is 0.478 e. The maximum atomic E-state index is 13.0. The third-order valence-corrected chi connectivity index (χ3v) is 2.23. The summed E-state index contributed by atoms with van der Waals surface area (Å²) in [6.07, 6.45) is 2.33. The highest BCUT2D eigenvalue weighted by Crippen LogP contribution is 2.24. The van der Waals surface area contributed by atoms with E-state index in [0.717, 1.165) is 24.4 Å². The summed E-state index contributed by atoms with van der Waals surface area (Å²) in [5.41, 5.74) is 0.297. The summed E-state index contributed by atoms with van der Waals surface area (Å²) in [6.45, 7) is 0. The molecular weight excluding hydrogens is 228 g/mol. The van der Waals surface area contributed by atoms with Crippen molar-refractivity contribution in [1.82, 2.24) is 4.98 Å². The molecule has 0 aliphatic heterocycles. The van der Waals surface area contributed by atoms with Crippen molar-refractivity contribution >= 4 is 5.97 Å². The molecule has 86 valence electrons. The van der Waals surface area contributed by atoms with Crippen molar-refractivity contribution in [2.24, 2.45) is 0 Å². The number of aromatic nitrogens is 1. The van der Waals surface area contributed by atoms with Crippen molar-refractivity contribution in [2.45, 2.75) is 0 Å². The van der Waals surface area contributed by atoms with Crippen molar-refractivity contribution < 1.29 is 18.7 Å². The van der Waals surface area contributed by atoms with Gasteiger partial charge in [0.15, 0.2) is 0 Å². The first-order valence-electron chi connectivity index (χ1n) is 4.71. The molecule has 17 heavy (non-hydrogen) atoms. The lowest BCUT2D eigenvalue weighted by Gasteiger charge is -2.05. The fourth-order valence-corrected chi connectivity index (χ4v) is 1.50. The van der Waals surface area contributed by atoms with Gasteiger partial charge in [0.05, 0.1) is 11.8 Å². The number of hydrogen-bond acceptors (Lipinski definition) is 2. The zero-order valence-corrected chi connectivity index (χ0v) is 8.52. The van der Waals surface area contributed by atoms with Gasteiger partial charge in [-0.25, -0.2) is 13.6 Å². The molecular formula is C12H7F2NO2. The highest BCUT2D eigenvalue weighted by molar-refractivity contribution is 5.95. The van der Waals surface area contributed by atoms with Crippen LogP contribution in [0, 0.1) is 11.6 Å². The van der Waals surface area contributed by atoms with E-state index >= 15 is 0 Å². The second kappa shape index (κ2) is 4.29. The average Bonchev–Trinajstić information content (AvgIpc) is 2.28. The smallest absolute Gasteiger partial charge is 0.336 e. The molecule has 0 saturated carbocycles. The molecule has 0 amide bonds. The lowest BCUT2D eigenvalue weighted by molar-refractivity contribution is 0.0697. The first-order chi connectivity index (χ1) is 8.08. The van der Waals surface area contributed by atoms with Crippen LogP contribution in [0.2, 0.25) is 0 Å². The number of carboxylic acids is 1. The summed E-state index contributed by atoms with van der Waals surface area (Å²) in [5.74, 6) is -2.51. The molecule has 1 heterocycles. The monoisotopic (exact) mass is 235 g/mol. The van der Waals surface area contributed by atoms with Crippen LogP contribution in [0.1, 0.15) is 10.4 Å². The minimum atomic E-state index is -1.27. The van der Waals surface area contributed by atoms with Crippen LogP contribution in [0.5, 0.6) is 0 Å². The van der Waals surface area contributed by atoms with E-state index in [9.17, 15) is 13.6 Å². The second-order valence-electron chi connectivity index (χ2n) is 3.39. The van der Waals surface area contributed by atoms with Crippen LogP contribution in [0.3, 0.4) is 0 Å². The van der Waals surface area contributed by atoms with Crippen molar-refractivity contribution in [2.75, 3.05) is 0 Å². The van der Waals surface area contributed by atoms with Gasteiger partial charge >= 0.3 is 5.97 Å². The third-order valence-electron chi connectivity index (χ3n) is 2.23. The van der Waals surface area contributed by atoms with Gasteiger partial charge in [-0.1, -0.05) is 6.07 Å². The predicted octanol–water partition coefficient (Wildman–Crippen LogP) is 2.73. The third kappa shape index (κ3) is 2.28. The molecule has 2 aromatic rings. The maximum Gasteiger partial charge on any atom is 0.336 e. The van der Waals surface area contributed by atoms with Gasteiger partial charge in [-0.3, -0.25) is 4.98 Å². The molecule has 1 aromatic heterocycles. The molecule has 0 aliphatic rings. The standard InChI is InChI=1S/C12H7F2NO2/c13-8-1-2-10(11(4-8)12(16)17)7-3-9(14)6-15-5-7/h1-6H,(H,16,17). The molecule has 0 spiro atoms. The van der Waals surface area contributed by atoms with E-state index in [4.69, 9.17) is 5.11 Å². The van der Waals surface area contributed by atoms with Gasteiger partial charge in [-0.05, 0) is 23.8 Å². The Labute approximate surface area is 95.4 Å². The van der Waals surface area contributed by atoms with E-state index in [0.29, 0.717) is 5.56 Å². The van der Waals surface area contributed by atoms with Crippen molar-refractivity contribution in [3.05, 3.63) is 53.9 Å². The van der Waals surface area contributed by atoms with Gasteiger partial charge in [0.1, 0.15) is 11.6 Å². The highest BCUT2D eigenvalue weighted by Gasteiger charge is 2.13. The van der Waals surface area contributed by atoms with E-state index in [1.165, 1.54) is 12.3 Å². The van der Waals surface area contributed by atoms with Crippen LogP contribution in [0.15, 0.2) is 36.7 Å². The normalized spacial score (nSPS) is 10.2. The van der Waals surface area contributed by atoms with Crippen LogP contribution in [0.4, 0.5) is 8.78 Å². The molecule has 1 N–H and O–H groups in total. The quantitative estimate of drug-likeness (QED) is 0.870. The summed E-state index contributed by atoms with van der Waals surface area (Å²) in [5, 5.41) is 8.94. The summed E-state index contributed by atoms with van der Waals surface area (Å²) < 4.78 is 25.9. The summed E-state index contributed by atoms with van der Waals surface area (Å²) in [7, 11) is 0. The molecule has 0 bridgehead atoms. The van der Waals surface area contributed by atoms with Crippen LogP contribution >= 0.6 is 0 Å². The number of carbonyl (C=O) groups is 1. The molecule has 1 aromatic carbocycles. The van der Waals surface area contributed by atoms with E-state index in [1.54, 1.807) is 0 Å². The molecule has 0 fully saturated rings. The number of rotatable bonds is 2. The van der Waals surface area contributed by atoms with Crippen LogP contribution in [-0.2, 0) is 0 Å². The molecule has 0 atom stereocenters. The van der Waals surface area contributed by atoms with Gasteiger partial charge in [0, 0.05) is 11.8 Å². The number of pyridine rings is 1. The van der Waals surface area contributed by atoms with Crippen molar-refractivity contribution in [3.63, 3.8) is 0 Å². The number of nitrogens with zero attached hydrogens (tertiary/aromatic N) is 1. The van der Waals surface area contributed by atoms with Crippen LogP contribution in [0.25, 0.3) is 11.1 Å². The lowest BCUT2D eigenvalue weighted by Crippen LogP contribution is -2.00. The van der Waals surface area contributed by atoms with Gasteiger partial charge in [-0.15, -0.1) is 0 Å². The maximum absolute atomic E-state index is 13.0. The van der Waals surface area contributed by atoms with Gasteiger partial charge in [0.25, 0.3) is 0 Å². The Hall–Kier alpha value is -2.30. The van der Waals surface area contributed by atoms with Crippen LogP contribution < -0.4 is 0 Å². The summed E-state index contributed by atoms with van der Waals surface area (Å²) in [6, 6.07) is 4.44. The minimum absolute atomic E-state index is 0.225. The SMILES string of the molecule is O=C(O)c1cc(F)ccc1-c1cncc(F)c1. The van der Waals surface area contributed by atoms with E-state index in [1.807, 2.05) is 0 Å². The number of halogens is 2. The topological polar surface area (TPSA) is 50.2 Å². The number of benzene rings is 1. The van der Waals surface area contributed by atoms with Crippen LogP contribution in [-0.4, -0.2) is 16.1 Å². The van der Waals surface area contributed by atoms with E-state index in [2.05, 4.69) is 4.98 Å². The molecule has 0 saturated heterocycles. The first kappa shape index (κ1) is 11.2. The zero-order chi connectivity index (χ0) is 12.4. The predicted molar refractivity (Wildman–Crippen MR) is 56.5 cm³/mol. The average molecular weight is 235 g/mol. The molecule has 0 radical (unpaired) electrons. The zero-order valence-electron chi connectivity index (χ0n) is 8.52. The van der Waals surface area contributed by atoms with Gasteiger partial charge in [0.2, 0.25) is 0 Å². The van der Waals surface area contributed by atoms with Crippen molar-refractivity contribution in [3.8, 4) is 11.1 Å². The summed E-state index contributed by atoms with van der Waals surface area (Å²) >= 11 is 0. The van der Waals surface area contributed by atoms with Gasteiger partial charge in [-0.2, -0.15) is 0 Å². The van der Waals surface area contributed by atoms with E-state index in [-0.39, 0.29) is 11.1 Å².